The highest BCUT2D eigenvalue weighted by atomic mass is 32.1. The first-order valence-corrected chi connectivity index (χ1v) is 9.81. The minimum Gasteiger partial charge on any atom is -0.370 e. The molecule has 2 fully saturated rings. The first-order chi connectivity index (χ1) is 11.1. The summed E-state index contributed by atoms with van der Waals surface area (Å²) < 4.78 is 0. The Balaban J connectivity index is 1.64. The number of piperidine rings is 2. The summed E-state index contributed by atoms with van der Waals surface area (Å²) in [6.07, 6.45) is 4.99. The summed E-state index contributed by atoms with van der Waals surface area (Å²) in [5.74, 6) is 2.17. The second-order valence-electron chi connectivity index (χ2n) is 7.21. The van der Waals surface area contributed by atoms with E-state index in [1.54, 1.807) is 0 Å². The zero-order chi connectivity index (χ0) is 16.2. The van der Waals surface area contributed by atoms with Crippen LogP contribution in [0, 0.1) is 11.8 Å². The van der Waals surface area contributed by atoms with Gasteiger partial charge in [-0.05, 0) is 62.6 Å². The van der Waals surface area contributed by atoms with Crippen LogP contribution in [0.2, 0.25) is 0 Å². The van der Waals surface area contributed by atoms with Crippen molar-refractivity contribution in [2.24, 2.45) is 22.6 Å². The zero-order valence-electron chi connectivity index (χ0n) is 14.4. The molecule has 2 N–H and O–H groups in total. The van der Waals surface area contributed by atoms with Crippen molar-refractivity contribution in [2.45, 2.75) is 38.6 Å². The molecule has 128 valence electrons. The van der Waals surface area contributed by atoms with Crippen LogP contribution in [0.15, 0.2) is 22.5 Å². The van der Waals surface area contributed by atoms with Crippen molar-refractivity contribution in [3.05, 3.63) is 22.4 Å². The molecule has 0 spiro atoms. The van der Waals surface area contributed by atoms with Crippen molar-refractivity contribution < 1.29 is 0 Å². The second kappa shape index (κ2) is 7.67. The van der Waals surface area contributed by atoms with Crippen molar-refractivity contribution >= 4 is 17.3 Å². The third-order valence-electron chi connectivity index (χ3n) is 5.44. The average Bonchev–Trinajstić information content (AvgIpc) is 3.07. The van der Waals surface area contributed by atoms with Crippen LogP contribution < -0.4 is 5.73 Å². The number of aliphatic imine (C=N–C) groups is 1. The van der Waals surface area contributed by atoms with Crippen LogP contribution in [0.3, 0.4) is 0 Å². The lowest BCUT2D eigenvalue weighted by molar-refractivity contribution is 0.128. The Morgan fingerprint density at radius 1 is 1.30 bits per heavy atom. The standard InChI is InChI=1S/C18H30N4S/c1-14-7-10-22(11-8-14)18(19)20-13-15-5-3-9-21(2)17(15)16-6-4-12-23-16/h4,6,12,14-15,17H,3,5,7-11,13H2,1-2H3,(H2,19,20). The summed E-state index contributed by atoms with van der Waals surface area (Å²) in [6, 6.07) is 4.93. The fourth-order valence-corrected chi connectivity index (χ4v) is 4.89. The van der Waals surface area contributed by atoms with Crippen LogP contribution in [0.4, 0.5) is 0 Å². The largest absolute Gasteiger partial charge is 0.370 e. The van der Waals surface area contributed by atoms with Crippen LogP contribution in [0.25, 0.3) is 0 Å². The van der Waals surface area contributed by atoms with E-state index in [2.05, 4.69) is 41.3 Å². The van der Waals surface area contributed by atoms with Crippen molar-refractivity contribution in [1.29, 1.82) is 0 Å². The maximum absolute atomic E-state index is 6.27. The van der Waals surface area contributed by atoms with Gasteiger partial charge in [-0.3, -0.25) is 9.89 Å². The first-order valence-electron chi connectivity index (χ1n) is 8.93. The number of guanidine groups is 1. The van der Waals surface area contributed by atoms with E-state index in [0.29, 0.717) is 12.0 Å². The molecule has 2 unspecified atom stereocenters. The minimum absolute atomic E-state index is 0.502. The van der Waals surface area contributed by atoms with Crippen LogP contribution in [-0.2, 0) is 0 Å². The number of thiophene rings is 1. The molecule has 0 saturated carbocycles. The molecule has 2 aliphatic heterocycles. The minimum atomic E-state index is 0.502. The van der Waals surface area contributed by atoms with Gasteiger partial charge < -0.3 is 10.6 Å². The molecule has 0 aromatic carbocycles. The number of hydrogen-bond donors (Lipinski definition) is 1. The van der Waals surface area contributed by atoms with Gasteiger partial charge >= 0.3 is 0 Å². The summed E-state index contributed by atoms with van der Waals surface area (Å²) in [4.78, 5) is 11.0. The SMILES string of the molecule is CC1CCN(C(N)=NCC2CCCN(C)C2c2cccs2)CC1. The molecule has 0 radical (unpaired) electrons. The van der Waals surface area contributed by atoms with Gasteiger partial charge in [0.25, 0.3) is 0 Å². The maximum atomic E-state index is 6.27. The van der Waals surface area contributed by atoms with Crippen LogP contribution in [0.5, 0.6) is 0 Å². The zero-order valence-corrected chi connectivity index (χ0v) is 15.3. The Morgan fingerprint density at radius 2 is 2.09 bits per heavy atom. The van der Waals surface area contributed by atoms with E-state index in [-0.39, 0.29) is 0 Å². The molecule has 1 aromatic heterocycles. The monoisotopic (exact) mass is 334 g/mol. The predicted molar refractivity (Wildman–Crippen MR) is 98.9 cm³/mol. The van der Waals surface area contributed by atoms with Gasteiger partial charge in [0, 0.05) is 30.6 Å². The fraction of sp³-hybridized carbons (Fsp3) is 0.722. The van der Waals surface area contributed by atoms with Gasteiger partial charge in [0.2, 0.25) is 0 Å². The molecule has 0 aliphatic carbocycles. The molecule has 3 rings (SSSR count). The molecular formula is C18H30N4S. The molecule has 2 aliphatic rings. The molecule has 4 nitrogen and oxygen atoms in total. The van der Waals surface area contributed by atoms with Crippen molar-refractivity contribution in [2.75, 3.05) is 33.2 Å². The van der Waals surface area contributed by atoms with Crippen molar-refractivity contribution in [3.63, 3.8) is 0 Å². The number of likely N-dealkylation sites (tertiary alicyclic amines) is 2. The molecule has 2 atom stereocenters. The molecule has 23 heavy (non-hydrogen) atoms. The lowest BCUT2D eigenvalue weighted by atomic mass is 9.88. The fourth-order valence-electron chi connectivity index (χ4n) is 3.91. The normalized spacial score (nSPS) is 28.3. The van der Waals surface area contributed by atoms with Gasteiger partial charge in [-0.2, -0.15) is 0 Å². The Labute approximate surface area is 144 Å². The molecule has 2 saturated heterocycles. The number of hydrogen-bond acceptors (Lipinski definition) is 3. The quantitative estimate of drug-likeness (QED) is 0.682. The number of rotatable bonds is 3. The predicted octanol–water partition coefficient (Wildman–Crippen LogP) is 3.18. The Hall–Kier alpha value is -1.07. The smallest absolute Gasteiger partial charge is 0.191 e. The van der Waals surface area contributed by atoms with Crippen LogP contribution in [-0.4, -0.2) is 49.0 Å². The second-order valence-corrected chi connectivity index (χ2v) is 8.19. The van der Waals surface area contributed by atoms with Gasteiger partial charge in [0.15, 0.2) is 5.96 Å². The molecular weight excluding hydrogens is 304 g/mol. The summed E-state index contributed by atoms with van der Waals surface area (Å²) >= 11 is 1.87. The summed E-state index contributed by atoms with van der Waals surface area (Å²) in [7, 11) is 2.25. The van der Waals surface area contributed by atoms with E-state index >= 15 is 0 Å². The van der Waals surface area contributed by atoms with Crippen molar-refractivity contribution in [3.8, 4) is 0 Å². The van der Waals surface area contributed by atoms with E-state index in [0.717, 1.165) is 31.5 Å². The van der Waals surface area contributed by atoms with Gasteiger partial charge in [-0.15, -0.1) is 11.3 Å². The van der Waals surface area contributed by atoms with Gasteiger partial charge in [0.05, 0.1) is 0 Å². The topological polar surface area (TPSA) is 44.9 Å². The third-order valence-corrected chi connectivity index (χ3v) is 6.38. The van der Waals surface area contributed by atoms with E-state index in [4.69, 9.17) is 10.7 Å². The number of nitrogens with two attached hydrogens (primary N) is 1. The van der Waals surface area contributed by atoms with E-state index in [9.17, 15) is 0 Å². The number of nitrogens with zero attached hydrogens (tertiary/aromatic N) is 3. The van der Waals surface area contributed by atoms with E-state index in [1.165, 1.54) is 37.1 Å². The van der Waals surface area contributed by atoms with E-state index < -0.39 is 0 Å². The van der Waals surface area contributed by atoms with Crippen LogP contribution >= 0.6 is 11.3 Å². The van der Waals surface area contributed by atoms with Gasteiger partial charge in [0.1, 0.15) is 0 Å². The summed E-state index contributed by atoms with van der Waals surface area (Å²) in [5.41, 5.74) is 6.27. The Bertz CT molecular complexity index is 505. The average molecular weight is 335 g/mol. The highest BCUT2D eigenvalue weighted by molar-refractivity contribution is 7.10. The first kappa shape index (κ1) is 16.8. The summed E-state index contributed by atoms with van der Waals surface area (Å²) in [5, 5.41) is 2.18. The van der Waals surface area contributed by atoms with Crippen molar-refractivity contribution in [1.82, 2.24) is 9.80 Å². The molecule has 0 amide bonds. The van der Waals surface area contributed by atoms with Gasteiger partial charge in [-0.25, -0.2) is 0 Å². The third kappa shape index (κ3) is 4.07. The highest BCUT2D eigenvalue weighted by Crippen LogP contribution is 2.37. The van der Waals surface area contributed by atoms with Gasteiger partial charge in [-0.1, -0.05) is 13.0 Å². The molecule has 0 bridgehead atoms. The highest BCUT2D eigenvalue weighted by Gasteiger charge is 2.31. The molecule has 5 heteroatoms. The molecule has 3 heterocycles. The van der Waals surface area contributed by atoms with Crippen LogP contribution in [0.1, 0.15) is 43.5 Å². The Morgan fingerprint density at radius 3 is 2.78 bits per heavy atom. The van der Waals surface area contributed by atoms with E-state index in [1.807, 2.05) is 11.3 Å². The maximum Gasteiger partial charge on any atom is 0.191 e. The summed E-state index contributed by atoms with van der Waals surface area (Å²) in [6.45, 7) is 6.49. The lowest BCUT2D eigenvalue weighted by Crippen LogP contribution is -2.43. The Kier molecular flexibility index (Phi) is 5.59. The lowest BCUT2D eigenvalue weighted by Gasteiger charge is -2.38. The molecule has 1 aromatic rings.